The molecule has 3 aliphatic heterocycles. The summed E-state index contributed by atoms with van der Waals surface area (Å²) in [7, 11) is 2.06. The number of aromatic nitrogens is 3. The second-order valence-electron chi connectivity index (χ2n) is 15.2. The summed E-state index contributed by atoms with van der Waals surface area (Å²) in [6.45, 7) is 6.10. The maximum absolute atomic E-state index is 4.31. The zero-order valence-corrected chi connectivity index (χ0v) is 41.7. The number of hydrogen-bond acceptors (Lipinski definition) is 8. The van der Waals surface area contributed by atoms with Crippen LogP contribution in [0, 0.1) is 38.7 Å². The van der Waals surface area contributed by atoms with Crippen molar-refractivity contribution < 1.29 is 42.1 Å². The molecule has 1 unspecified atom stereocenters. The van der Waals surface area contributed by atoms with E-state index in [1.165, 1.54) is 22.7 Å². The van der Waals surface area contributed by atoms with Crippen molar-refractivity contribution in [3.05, 3.63) is 267 Å². The molecule has 12 rings (SSSR count). The Morgan fingerprint density at radius 3 is 1.50 bits per heavy atom. The molecule has 0 saturated carbocycles. The van der Waals surface area contributed by atoms with Crippen molar-refractivity contribution in [1.82, 2.24) is 14.8 Å². The van der Waals surface area contributed by atoms with Crippen molar-refractivity contribution in [2.75, 3.05) is 26.6 Å². The second-order valence-corrected chi connectivity index (χ2v) is 15.2. The Balaban J connectivity index is 0.000000135. The fraction of sp³-hybridized carbons (Fsp3) is 0.0526. The minimum absolute atomic E-state index is 0. The Morgan fingerprint density at radius 2 is 0.956 bits per heavy atom. The van der Waals surface area contributed by atoms with Crippen molar-refractivity contribution in [3.8, 4) is 5.69 Å². The Hall–Kier alpha value is -7.18. The van der Waals surface area contributed by atoms with Crippen LogP contribution < -0.4 is 19.6 Å². The summed E-state index contributed by atoms with van der Waals surface area (Å²) in [4.78, 5) is 21.1. The molecule has 8 aromatic carbocycles. The van der Waals surface area contributed by atoms with Crippen LogP contribution in [0.3, 0.4) is 0 Å². The van der Waals surface area contributed by atoms with Gasteiger partial charge in [-0.05, 0) is 73.3 Å². The first-order valence-corrected chi connectivity index (χ1v) is 21.6. The minimum atomic E-state index is -0.0152. The van der Waals surface area contributed by atoms with Crippen LogP contribution in [0.2, 0.25) is 0 Å². The molecule has 68 heavy (non-hydrogen) atoms. The van der Waals surface area contributed by atoms with Crippen molar-refractivity contribution >= 4 is 51.9 Å². The number of hydrogen-bond donors (Lipinski definition) is 0. The summed E-state index contributed by atoms with van der Waals surface area (Å²) in [5.41, 5.74) is 12.3. The molecule has 9 nitrogen and oxygen atoms in total. The third kappa shape index (κ3) is 11.5. The third-order valence-corrected chi connectivity index (χ3v) is 10.8. The van der Waals surface area contributed by atoms with Crippen molar-refractivity contribution in [2.24, 2.45) is 9.98 Å². The zero-order valence-electron chi connectivity index (χ0n) is 37.2. The standard InChI is InChI=1S/C19H14N2.C15H11N2.C14H12N2.C9H8N3.2Pt/c1-3-9-16(10-4-1)20-15-21(17-11-5-2-6-12-17)19-14-8-7-13-18(19)20;1-3-7-12(8-4-1)14-15(17-11-16-14)13-9-5-2-6-10-13;1-15-11-16(12-7-3-2-4-8-12)14-10-6-5-9-13(14)15;1-8-10-7-11-12(8)9-5-3-2-4-6-9;;/h1-11,13-15H;1-10,14H;2-7,9-11H,1H3;2-6H,1H3;;/q-2;-1;-2;-1;;. The van der Waals surface area contributed by atoms with E-state index >= 15 is 0 Å². The van der Waals surface area contributed by atoms with Gasteiger partial charge in [0.1, 0.15) is 0 Å². The molecule has 0 fully saturated rings. The molecule has 0 saturated heterocycles. The molecule has 0 aliphatic carbocycles. The van der Waals surface area contributed by atoms with Gasteiger partial charge >= 0.3 is 0 Å². The maximum Gasteiger partial charge on any atom is 0.0450 e. The normalized spacial score (nSPS) is 13.7. The number of nitrogens with zero attached hydrogens (tertiary/aromatic N) is 9. The largest absolute Gasteiger partial charge is 0.504 e. The van der Waals surface area contributed by atoms with E-state index in [9.17, 15) is 0 Å². The van der Waals surface area contributed by atoms with Crippen molar-refractivity contribution in [3.63, 3.8) is 0 Å². The monoisotopic (exact) mass is 1250 g/mol. The van der Waals surface area contributed by atoms with Crippen LogP contribution in [0.25, 0.3) is 5.69 Å². The van der Waals surface area contributed by atoms with Gasteiger partial charge in [0.05, 0.1) is 0 Å². The van der Waals surface area contributed by atoms with E-state index in [0.29, 0.717) is 0 Å². The number of benzene rings is 8. The molecular formula is C57H45N9Pt2-6. The molecular weight excluding hydrogens is 1200 g/mol. The van der Waals surface area contributed by atoms with E-state index in [1.807, 2.05) is 116 Å². The number of aryl methyl sites for hydroxylation is 1. The summed E-state index contributed by atoms with van der Waals surface area (Å²) in [6, 6.07) is 79.9. The topological polar surface area (TPSA) is 68.4 Å². The van der Waals surface area contributed by atoms with Crippen LogP contribution in [0.15, 0.2) is 228 Å². The molecule has 9 aromatic rings. The van der Waals surface area contributed by atoms with Gasteiger partial charge in [0, 0.05) is 82.3 Å². The predicted molar refractivity (Wildman–Crippen MR) is 268 cm³/mol. The van der Waals surface area contributed by atoms with Crippen LogP contribution in [0.5, 0.6) is 0 Å². The van der Waals surface area contributed by atoms with E-state index in [4.69, 9.17) is 0 Å². The molecule has 0 bridgehead atoms. The number of aliphatic imine (C=N–C) groups is 2. The first-order chi connectivity index (χ1) is 32.6. The van der Waals surface area contributed by atoms with E-state index in [1.54, 1.807) is 4.68 Å². The van der Waals surface area contributed by atoms with Crippen LogP contribution in [-0.4, -0.2) is 33.9 Å². The molecule has 1 atom stereocenters. The molecule has 344 valence electrons. The number of fused-ring (bicyclic) bond motifs is 2. The summed E-state index contributed by atoms with van der Waals surface area (Å²) in [5.74, 6) is 0.848. The number of para-hydroxylation sites is 8. The summed E-state index contributed by atoms with van der Waals surface area (Å²) in [6.07, 6.45) is 5.29. The average Bonchev–Trinajstić information content (AvgIpc) is 4.22. The van der Waals surface area contributed by atoms with Crippen LogP contribution in [-0.2, 0) is 42.1 Å². The first kappa shape index (κ1) is 48.7. The molecule has 0 amide bonds. The third-order valence-electron chi connectivity index (χ3n) is 10.8. The first-order valence-electron chi connectivity index (χ1n) is 21.6. The molecule has 11 heteroatoms. The van der Waals surface area contributed by atoms with Gasteiger partial charge in [0.25, 0.3) is 0 Å². The number of rotatable bonds is 6. The van der Waals surface area contributed by atoms with E-state index in [2.05, 4.69) is 194 Å². The fourth-order valence-corrected chi connectivity index (χ4v) is 7.66. The van der Waals surface area contributed by atoms with Gasteiger partial charge in [0.15, 0.2) is 0 Å². The Bertz CT molecular complexity index is 2910. The smallest absolute Gasteiger partial charge is 0.0450 e. The van der Waals surface area contributed by atoms with Gasteiger partial charge in [-0.2, -0.15) is 67.3 Å². The Kier molecular flexibility index (Phi) is 17.2. The van der Waals surface area contributed by atoms with Gasteiger partial charge < -0.3 is 39.3 Å². The second kappa shape index (κ2) is 24.0. The predicted octanol–water partition coefficient (Wildman–Crippen LogP) is 12.6. The summed E-state index contributed by atoms with van der Waals surface area (Å²) in [5, 5.41) is 3.97. The van der Waals surface area contributed by atoms with E-state index < -0.39 is 0 Å². The van der Waals surface area contributed by atoms with Gasteiger partial charge in [0.2, 0.25) is 0 Å². The summed E-state index contributed by atoms with van der Waals surface area (Å²) < 4.78 is 1.75. The zero-order chi connectivity index (χ0) is 44.9. The molecule has 3 aliphatic rings. The Morgan fingerprint density at radius 1 is 0.485 bits per heavy atom. The van der Waals surface area contributed by atoms with Gasteiger partial charge in [-0.1, -0.05) is 146 Å². The van der Waals surface area contributed by atoms with E-state index in [0.717, 1.165) is 45.4 Å². The number of anilines is 7. The molecule has 4 heterocycles. The Labute approximate surface area is 428 Å². The van der Waals surface area contributed by atoms with Crippen molar-refractivity contribution in [2.45, 2.75) is 13.0 Å². The fourth-order valence-electron chi connectivity index (χ4n) is 7.66. The SMILES string of the molecule is CN1[CH-]N(c2[c-]cccc2)c2ccccc21.Cc1n[c-]nn1-c1ccccc1.[C-]1=NC(c2ccccc2)C(c2ccccc2)=N1.[Pt].[Pt].[c-]1ccccc1N1[CH-]N(c2ccccc2)c2ccccc21. The van der Waals surface area contributed by atoms with Gasteiger partial charge in [-0.25, -0.2) is 0 Å². The molecule has 1 aromatic heterocycles. The minimum Gasteiger partial charge on any atom is -0.504 e. The molecule has 0 N–H and O–H groups in total. The van der Waals surface area contributed by atoms with Gasteiger partial charge in [-0.3, -0.25) is 5.10 Å². The van der Waals surface area contributed by atoms with E-state index in [-0.39, 0.29) is 48.2 Å². The van der Waals surface area contributed by atoms with Crippen LogP contribution in [0.4, 0.5) is 39.8 Å². The maximum atomic E-state index is 4.31. The average molecular weight is 1250 g/mol. The summed E-state index contributed by atoms with van der Waals surface area (Å²) >= 11 is 0. The van der Waals surface area contributed by atoms with Crippen molar-refractivity contribution in [1.29, 1.82) is 0 Å². The van der Waals surface area contributed by atoms with Gasteiger partial charge in [-0.15, -0.1) is 18.0 Å². The van der Waals surface area contributed by atoms with Crippen LogP contribution in [0.1, 0.15) is 23.0 Å². The quantitative estimate of drug-likeness (QED) is 0.155. The molecule has 0 radical (unpaired) electrons. The molecule has 0 spiro atoms. The van der Waals surface area contributed by atoms with Crippen LogP contribution >= 0.6 is 0 Å².